The molecule has 0 spiro atoms. The molecule has 1 N–H and O–H groups in total. The van der Waals surface area contributed by atoms with Crippen LogP contribution in [-0.4, -0.2) is 30.7 Å². The molecule has 0 fully saturated rings. The van der Waals surface area contributed by atoms with E-state index in [1.807, 2.05) is 47.1 Å². The third-order valence-corrected chi connectivity index (χ3v) is 5.85. The van der Waals surface area contributed by atoms with E-state index in [-0.39, 0.29) is 5.91 Å². The van der Waals surface area contributed by atoms with E-state index in [0.717, 1.165) is 22.2 Å². The molecule has 0 atom stereocenters. The number of hydrogen-bond donors (Lipinski definition) is 1. The Kier molecular flexibility index (Phi) is 5.81. The number of carbonyl (C=O) groups excluding carboxylic acids is 1. The molecule has 2 aromatic heterocycles. The number of nitrogens with zero attached hydrogens (tertiary/aromatic N) is 5. The average molecular weight is 477 g/mol. The van der Waals surface area contributed by atoms with Gasteiger partial charge in [-0.15, -0.1) is 5.10 Å². The Labute approximate surface area is 199 Å². The van der Waals surface area contributed by atoms with E-state index in [9.17, 15) is 4.79 Å². The topological polar surface area (TPSA) is 77.6 Å². The smallest absolute Gasteiger partial charge is 0.256 e. The molecule has 0 saturated heterocycles. The molecule has 1 amide bonds. The Balaban J connectivity index is 1.27. The molecule has 5 rings (SSSR count). The maximum atomic E-state index is 12.8. The van der Waals surface area contributed by atoms with Crippen molar-refractivity contribution in [3.63, 3.8) is 0 Å². The molecular formula is C24H18Cl2N6O. The third kappa shape index (κ3) is 4.60. The zero-order valence-corrected chi connectivity index (χ0v) is 18.8. The second-order valence-electron chi connectivity index (χ2n) is 7.50. The highest BCUT2D eigenvalue weighted by Crippen LogP contribution is 2.23. The van der Waals surface area contributed by atoms with Crippen LogP contribution in [0.2, 0.25) is 10.0 Å². The summed E-state index contributed by atoms with van der Waals surface area (Å²) in [4.78, 5) is 12.8. The van der Waals surface area contributed by atoms with Crippen molar-refractivity contribution in [2.45, 2.75) is 13.1 Å². The maximum Gasteiger partial charge on any atom is 0.256 e. The summed E-state index contributed by atoms with van der Waals surface area (Å²) in [5.41, 5.74) is 4.23. The van der Waals surface area contributed by atoms with E-state index in [1.54, 1.807) is 41.2 Å². The number of amides is 1. The summed E-state index contributed by atoms with van der Waals surface area (Å²) in [6.45, 7) is 0.973. The molecule has 0 aliphatic rings. The van der Waals surface area contributed by atoms with Crippen LogP contribution in [0.5, 0.6) is 0 Å². The van der Waals surface area contributed by atoms with Crippen molar-refractivity contribution in [1.29, 1.82) is 0 Å². The summed E-state index contributed by atoms with van der Waals surface area (Å²) in [6, 6.07) is 22.3. The standard InChI is InChI=1S/C24H18Cl2N6O/c25-19-10-9-18(20(26)13-19)15-32-23(11-12-27-32)28-24(33)17-7-5-16(6-8-17)14-31-22-4-2-1-3-21(22)29-30-31/h1-13H,14-15H2,(H,28,33). The van der Waals surface area contributed by atoms with Gasteiger partial charge in [-0.3, -0.25) is 4.79 Å². The van der Waals surface area contributed by atoms with Gasteiger partial charge >= 0.3 is 0 Å². The number of carbonyl (C=O) groups is 1. The predicted octanol–water partition coefficient (Wildman–Crippen LogP) is 5.28. The molecular weight excluding hydrogens is 459 g/mol. The van der Waals surface area contributed by atoms with Crippen LogP contribution in [0.1, 0.15) is 21.5 Å². The molecule has 0 bridgehead atoms. The molecule has 33 heavy (non-hydrogen) atoms. The molecule has 9 heteroatoms. The number of rotatable bonds is 6. The first kappa shape index (κ1) is 21.2. The zero-order valence-electron chi connectivity index (χ0n) is 17.3. The summed E-state index contributed by atoms with van der Waals surface area (Å²) in [5.74, 6) is 0.348. The van der Waals surface area contributed by atoms with Crippen LogP contribution < -0.4 is 5.32 Å². The van der Waals surface area contributed by atoms with Gasteiger partial charge in [0, 0.05) is 21.7 Å². The van der Waals surface area contributed by atoms with Gasteiger partial charge in [-0.25, -0.2) is 9.36 Å². The van der Waals surface area contributed by atoms with Gasteiger partial charge < -0.3 is 5.32 Å². The molecule has 0 unspecified atom stereocenters. The lowest BCUT2D eigenvalue weighted by Gasteiger charge is -2.11. The third-order valence-electron chi connectivity index (χ3n) is 5.26. The van der Waals surface area contributed by atoms with Crippen LogP contribution >= 0.6 is 23.2 Å². The zero-order chi connectivity index (χ0) is 22.8. The highest BCUT2D eigenvalue weighted by Gasteiger charge is 2.12. The normalized spacial score (nSPS) is 11.1. The van der Waals surface area contributed by atoms with Gasteiger partial charge in [0.25, 0.3) is 5.91 Å². The fraction of sp³-hybridized carbons (Fsp3) is 0.0833. The van der Waals surface area contributed by atoms with Crippen molar-refractivity contribution in [2.75, 3.05) is 5.32 Å². The quantitative estimate of drug-likeness (QED) is 0.361. The number of benzene rings is 3. The molecule has 2 heterocycles. The molecule has 7 nitrogen and oxygen atoms in total. The lowest BCUT2D eigenvalue weighted by atomic mass is 10.1. The summed E-state index contributed by atoms with van der Waals surface area (Å²) >= 11 is 12.2. The number of para-hydroxylation sites is 1. The van der Waals surface area contributed by atoms with E-state index >= 15 is 0 Å². The number of hydrogen-bond acceptors (Lipinski definition) is 4. The van der Waals surface area contributed by atoms with Crippen LogP contribution in [0.25, 0.3) is 11.0 Å². The number of anilines is 1. The molecule has 3 aromatic carbocycles. The number of fused-ring (bicyclic) bond motifs is 1. The lowest BCUT2D eigenvalue weighted by molar-refractivity contribution is 0.102. The second kappa shape index (κ2) is 9.05. The Bertz CT molecular complexity index is 1440. The highest BCUT2D eigenvalue weighted by molar-refractivity contribution is 6.35. The van der Waals surface area contributed by atoms with Crippen LogP contribution in [0, 0.1) is 0 Å². The Morgan fingerprint density at radius 1 is 0.909 bits per heavy atom. The number of nitrogens with one attached hydrogen (secondary N) is 1. The fourth-order valence-corrected chi connectivity index (χ4v) is 4.00. The van der Waals surface area contributed by atoms with Crippen molar-refractivity contribution in [3.05, 3.63) is 106 Å². The summed E-state index contributed by atoms with van der Waals surface area (Å²) in [6.07, 6.45) is 1.63. The molecule has 5 aromatic rings. The highest BCUT2D eigenvalue weighted by atomic mass is 35.5. The average Bonchev–Trinajstić information content (AvgIpc) is 3.43. The Morgan fingerprint density at radius 3 is 2.55 bits per heavy atom. The van der Waals surface area contributed by atoms with E-state index < -0.39 is 0 Å². The van der Waals surface area contributed by atoms with Crippen LogP contribution in [0.15, 0.2) is 79.0 Å². The minimum absolute atomic E-state index is 0.225. The van der Waals surface area contributed by atoms with Crippen LogP contribution in [0.3, 0.4) is 0 Å². The van der Waals surface area contributed by atoms with E-state index in [0.29, 0.717) is 34.5 Å². The van der Waals surface area contributed by atoms with E-state index in [4.69, 9.17) is 23.2 Å². The second-order valence-corrected chi connectivity index (χ2v) is 8.34. The number of halogens is 2. The molecule has 164 valence electrons. The maximum absolute atomic E-state index is 12.8. The van der Waals surface area contributed by atoms with Gasteiger partial charge in [0.2, 0.25) is 0 Å². The van der Waals surface area contributed by atoms with E-state index in [1.165, 1.54) is 0 Å². The van der Waals surface area contributed by atoms with Crippen molar-refractivity contribution >= 4 is 46.0 Å². The monoisotopic (exact) mass is 476 g/mol. The summed E-state index contributed by atoms with van der Waals surface area (Å²) in [7, 11) is 0. The van der Waals surface area contributed by atoms with Gasteiger partial charge in [-0.05, 0) is 47.5 Å². The van der Waals surface area contributed by atoms with Gasteiger partial charge in [0.1, 0.15) is 11.3 Å². The summed E-state index contributed by atoms with van der Waals surface area (Å²) < 4.78 is 3.52. The minimum atomic E-state index is -0.225. The first-order valence-corrected chi connectivity index (χ1v) is 11.0. The largest absolute Gasteiger partial charge is 0.307 e. The van der Waals surface area contributed by atoms with Crippen molar-refractivity contribution in [1.82, 2.24) is 24.8 Å². The molecule has 0 aliphatic heterocycles. The predicted molar refractivity (Wildman–Crippen MR) is 129 cm³/mol. The number of aromatic nitrogens is 5. The van der Waals surface area contributed by atoms with Crippen LogP contribution in [-0.2, 0) is 13.1 Å². The van der Waals surface area contributed by atoms with Gasteiger partial charge in [-0.1, -0.05) is 58.7 Å². The lowest BCUT2D eigenvalue weighted by Crippen LogP contribution is -2.16. The van der Waals surface area contributed by atoms with Crippen molar-refractivity contribution < 1.29 is 4.79 Å². The van der Waals surface area contributed by atoms with Crippen molar-refractivity contribution in [3.8, 4) is 0 Å². The first-order chi connectivity index (χ1) is 16.1. The SMILES string of the molecule is O=C(Nc1ccnn1Cc1ccc(Cl)cc1Cl)c1ccc(Cn2nnc3ccccc32)cc1. The Morgan fingerprint density at radius 2 is 1.73 bits per heavy atom. The van der Waals surface area contributed by atoms with Crippen LogP contribution in [0.4, 0.5) is 5.82 Å². The fourth-order valence-electron chi connectivity index (χ4n) is 3.53. The van der Waals surface area contributed by atoms with E-state index in [2.05, 4.69) is 20.7 Å². The van der Waals surface area contributed by atoms with Gasteiger partial charge in [0.05, 0.1) is 24.8 Å². The van der Waals surface area contributed by atoms with Gasteiger partial charge in [-0.2, -0.15) is 5.10 Å². The van der Waals surface area contributed by atoms with Crippen molar-refractivity contribution in [2.24, 2.45) is 0 Å². The summed E-state index contributed by atoms with van der Waals surface area (Å²) in [5, 5.41) is 16.7. The molecule has 0 radical (unpaired) electrons. The van der Waals surface area contributed by atoms with Gasteiger partial charge in [0.15, 0.2) is 0 Å². The minimum Gasteiger partial charge on any atom is -0.307 e. The first-order valence-electron chi connectivity index (χ1n) is 10.2. The Hall–Kier alpha value is -3.68. The molecule has 0 aliphatic carbocycles. The molecule has 0 saturated carbocycles.